The maximum atomic E-state index is 10.4. The van der Waals surface area contributed by atoms with Crippen molar-refractivity contribution in [2.75, 3.05) is 0 Å². The molecule has 0 atom stereocenters. The van der Waals surface area contributed by atoms with E-state index < -0.39 is 0 Å². The van der Waals surface area contributed by atoms with Gasteiger partial charge in [0, 0.05) is 6.92 Å². The first-order valence-corrected chi connectivity index (χ1v) is 3.96. The van der Waals surface area contributed by atoms with Crippen molar-refractivity contribution >= 4 is 12.4 Å². The highest BCUT2D eigenvalue weighted by molar-refractivity contribution is 5.65. The summed E-state index contributed by atoms with van der Waals surface area (Å²) in [7, 11) is 0. The first-order valence-electron chi connectivity index (χ1n) is 3.96. The van der Waals surface area contributed by atoms with E-state index in [2.05, 4.69) is 0 Å². The van der Waals surface area contributed by atoms with E-state index in [1.807, 2.05) is 30.3 Å². The highest BCUT2D eigenvalue weighted by atomic mass is 16.5. The summed E-state index contributed by atoms with van der Waals surface area (Å²) in [6, 6.07) is 9.60. The Hall–Kier alpha value is -1.84. The van der Waals surface area contributed by atoms with E-state index >= 15 is 0 Å². The van der Waals surface area contributed by atoms with E-state index in [-0.39, 0.29) is 12.4 Å². The number of carbonyl (C=O) groups is 2. The van der Waals surface area contributed by atoms with Crippen LogP contribution in [0, 0.1) is 0 Å². The van der Waals surface area contributed by atoms with Crippen molar-refractivity contribution in [3.63, 3.8) is 0 Å². The van der Waals surface area contributed by atoms with Crippen LogP contribution in [0.3, 0.4) is 0 Å². The molecule has 0 unspecified atom stereocenters. The zero-order valence-electron chi connectivity index (χ0n) is 7.84. The first kappa shape index (κ1) is 12.2. The molecular formula is C10H12O4. The minimum atomic E-state index is -0.250. The van der Waals surface area contributed by atoms with Crippen molar-refractivity contribution in [2.45, 2.75) is 13.5 Å². The molecule has 0 heterocycles. The Morgan fingerprint density at radius 3 is 2.36 bits per heavy atom. The fourth-order valence-electron chi connectivity index (χ4n) is 0.759. The second-order valence-corrected chi connectivity index (χ2v) is 2.37. The van der Waals surface area contributed by atoms with Crippen LogP contribution < -0.4 is 0 Å². The minimum Gasteiger partial charge on any atom is -0.483 e. The molecule has 0 saturated heterocycles. The number of hydrogen-bond acceptors (Lipinski definition) is 3. The van der Waals surface area contributed by atoms with Crippen molar-refractivity contribution in [3.05, 3.63) is 35.9 Å². The summed E-state index contributed by atoms with van der Waals surface area (Å²) in [5, 5.41) is 6.89. The maximum Gasteiger partial charge on any atom is 0.302 e. The molecule has 0 fully saturated rings. The van der Waals surface area contributed by atoms with Gasteiger partial charge in [-0.2, -0.15) is 0 Å². The van der Waals surface area contributed by atoms with Crippen molar-refractivity contribution < 1.29 is 19.4 Å². The number of carbonyl (C=O) groups excluding carboxylic acids is 1. The normalized spacial score (nSPS) is 8.07. The molecular weight excluding hydrogens is 184 g/mol. The second kappa shape index (κ2) is 7.79. The van der Waals surface area contributed by atoms with E-state index in [0.717, 1.165) is 5.56 Å². The standard InChI is InChI=1S/C9H10O2.CH2O2/c1-8(10)11-7-9-5-3-2-4-6-9;2-1-3/h2-6H,7H2,1H3;1H,(H,2,3). The van der Waals surface area contributed by atoms with Crippen LogP contribution in [0.25, 0.3) is 0 Å². The van der Waals surface area contributed by atoms with Gasteiger partial charge < -0.3 is 9.84 Å². The number of hydrogen-bond donors (Lipinski definition) is 1. The smallest absolute Gasteiger partial charge is 0.302 e. The van der Waals surface area contributed by atoms with Gasteiger partial charge in [0.2, 0.25) is 0 Å². The number of rotatable bonds is 2. The quantitative estimate of drug-likeness (QED) is 0.574. The molecule has 1 aromatic carbocycles. The number of carboxylic acid groups (broad SMARTS) is 1. The molecule has 0 saturated carbocycles. The van der Waals surface area contributed by atoms with Crippen LogP contribution in [0.2, 0.25) is 0 Å². The van der Waals surface area contributed by atoms with Crippen molar-refractivity contribution in [3.8, 4) is 0 Å². The van der Waals surface area contributed by atoms with Gasteiger partial charge in [-0.1, -0.05) is 30.3 Å². The van der Waals surface area contributed by atoms with Gasteiger partial charge in [-0.05, 0) is 5.56 Å². The topological polar surface area (TPSA) is 63.6 Å². The van der Waals surface area contributed by atoms with Crippen LogP contribution in [0.4, 0.5) is 0 Å². The third-order valence-corrected chi connectivity index (χ3v) is 1.28. The van der Waals surface area contributed by atoms with Gasteiger partial charge >= 0.3 is 5.97 Å². The van der Waals surface area contributed by atoms with E-state index in [0.29, 0.717) is 6.61 Å². The maximum absolute atomic E-state index is 10.4. The van der Waals surface area contributed by atoms with Crippen molar-refractivity contribution in [1.29, 1.82) is 0 Å². The average Bonchev–Trinajstić information content (AvgIpc) is 2.18. The van der Waals surface area contributed by atoms with E-state index in [4.69, 9.17) is 14.6 Å². The molecule has 1 N–H and O–H groups in total. The highest BCUT2D eigenvalue weighted by Gasteiger charge is 1.93. The second-order valence-electron chi connectivity index (χ2n) is 2.37. The lowest BCUT2D eigenvalue weighted by atomic mass is 10.2. The monoisotopic (exact) mass is 196 g/mol. The Balaban J connectivity index is 0.000000500. The lowest BCUT2D eigenvalue weighted by Crippen LogP contribution is -1.97. The van der Waals surface area contributed by atoms with E-state index in [1.165, 1.54) is 6.92 Å². The molecule has 0 bridgehead atoms. The molecule has 76 valence electrons. The molecule has 0 spiro atoms. The van der Waals surface area contributed by atoms with Crippen LogP contribution in [0.5, 0.6) is 0 Å². The average molecular weight is 196 g/mol. The molecule has 4 nitrogen and oxygen atoms in total. The van der Waals surface area contributed by atoms with Gasteiger partial charge in [-0.3, -0.25) is 9.59 Å². The lowest BCUT2D eigenvalue weighted by Gasteiger charge is -1.99. The molecule has 0 amide bonds. The third kappa shape index (κ3) is 6.84. The Kier molecular flexibility index (Phi) is 6.77. The van der Waals surface area contributed by atoms with Crippen LogP contribution in [0.1, 0.15) is 12.5 Å². The molecule has 0 radical (unpaired) electrons. The van der Waals surface area contributed by atoms with Gasteiger partial charge in [0.1, 0.15) is 6.61 Å². The molecule has 0 aromatic heterocycles. The summed E-state index contributed by atoms with van der Waals surface area (Å²) in [6.07, 6.45) is 0. The summed E-state index contributed by atoms with van der Waals surface area (Å²) >= 11 is 0. The van der Waals surface area contributed by atoms with E-state index in [9.17, 15) is 4.79 Å². The van der Waals surface area contributed by atoms with E-state index in [1.54, 1.807) is 0 Å². The predicted octanol–water partition coefficient (Wildman–Crippen LogP) is 1.45. The molecule has 1 rings (SSSR count). The number of ether oxygens (including phenoxy) is 1. The molecule has 14 heavy (non-hydrogen) atoms. The lowest BCUT2D eigenvalue weighted by molar-refractivity contribution is -0.142. The SMILES string of the molecule is CC(=O)OCc1ccccc1.O=CO. The van der Waals surface area contributed by atoms with Crippen molar-refractivity contribution in [2.24, 2.45) is 0 Å². The van der Waals surface area contributed by atoms with Gasteiger partial charge in [0.05, 0.1) is 0 Å². The van der Waals surface area contributed by atoms with Gasteiger partial charge in [0.15, 0.2) is 0 Å². The van der Waals surface area contributed by atoms with Crippen LogP contribution in [-0.4, -0.2) is 17.5 Å². The highest BCUT2D eigenvalue weighted by Crippen LogP contribution is 1.99. The summed E-state index contributed by atoms with van der Waals surface area (Å²) in [5.41, 5.74) is 1.02. The van der Waals surface area contributed by atoms with Crippen molar-refractivity contribution in [1.82, 2.24) is 0 Å². The van der Waals surface area contributed by atoms with Crippen LogP contribution in [-0.2, 0) is 20.9 Å². The van der Waals surface area contributed by atoms with Crippen LogP contribution in [0.15, 0.2) is 30.3 Å². The zero-order chi connectivity index (χ0) is 10.8. The number of benzene rings is 1. The molecule has 0 aliphatic heterocycles. The first-order chi connectivity index (χ1) is 6.70. The molecule has 4 heteroatoms. The minimum absolute atomic E-state index is 0.242. The summed E-state index contributed by atoms with van der Waals surface area (Å²) in [5.74, 6) is -0.242. The summed E-state index contributed by atoms with van der Waals surface area (Å²) in [6.45, 7) is 1.53. The summed E-state index contributed by atoms with van der Waals surface area (Å²) < 4.78 is 4.79. The van der Waals surface area contributed by atoms with Gasteiger partial charge in [-0.25, -0.2) is 0 Å². The third-order valence-electron chi connectivity index (χ3n) is 1.28. The Labute approximate surface area is 82.1 Å². The van der Waals surface area contributed by atoms with Gasteiger partial charge in [0.25, 0.3) is 6.47 Å². The molecule has 0 aliphatic carbocycles. The fourth-order valence-corrected chi connectivity index (χ4v) is 0.759. The fraction of sp³-hybridized carbons (Fsp3) is 0.200. The zero-order valence-corrected chi connectivity index (χ0v) is 7.84. The Morgan fingerprint density at radius 1 is 1.43 bits per heavy atom. The Morgan fingerprint density at radius 2 is 1.93 bits per heavy atom. The van der Waals surface area contributed by atoms with Crippen LogP contribution >= 0.6 is 0 Å². The summed E-state index contributed by atoms with van der Waals surface area (Å²) in [4.78, 5) is 18.8. The van der Waals surface area contributed by atoms with Gasteiger partial charge in [-0.15, -0.1) is 0 Å². The molecule has 0 aliphatic rings. The largest absolute Gasteiger partial charge is 0.483 e. The number of esters is 1. The molecule has 1 aromatic rings. The predicted molar refractivity (Wildman–Crippen MR) is 50.6 cm³/mol. The Bertz CT molecular complexity index is 269.